The maximum atomic E-state index is 12.1. The van der Waals surface area contributed by atoms with Crippen molar-refractivity contribution in [2.75, 3.05) is 0 Å². The second-order valence-electron chi connectivity index (χ2n) is 2.33. The van der Waals surface area contributed by atoms with Gasteiger partial charge in [0, 0.05) is 0 Å². The molecule has 0 spiro atoms. The third kappa shape index (κ3) is 1.62. The maximum Gasteiger partial charge on any atom is 0.461 e. The van der Waals surface area contributed by atoms with E-state index < -0.39 is 29.8 Å². The molecule has 82 valence electrons. The number of hydrogen-bond acceptors (Lipinski definition) is 1. The zero-order valence-electron chi connectivity index (χ0n) is 5.93. The number of alkyl halides is 8. The molecule has 14 heavy (non-hydrogen) atoms. The van der Waals surface area contributed by atoms with E-state index in [0.29, 0.717) is 0 Å². The van der Waals surface area contributed by atoms with Crippen LogP contribution >= 0.6 is 0 Å². The molecule has 0 radical (unpaired) electrons. The summed E-state index contributed by atoms with van der Waals surface area (Å²) < 4.78 is 96.2. The van der Waals surface area contributed by atoms with Crippen LogP contribution in [0.25, 0.3) is 0 Å². The van der Waals surface area contributed by atoms with Crippen LogP contribution in [-0.4, -0.2) is 18.3 Å². The van der Waals surface area contributed by atoms with Crippen LogP contribution < -0.4 is 0 Å². The lowest BCUT2D eigenvalue weighted by Crippen LogP contribution is -2.36. The predicted octanol–water partition coefficient (Wildman–Crippen LogP) is 2.99. The van der Waals surface area contributed by atoms with Gasteiger partial charge in [-0.1, -0.05) is 0 Å². The van der Waals surface area contributed by atoms with Crippen LogP contribution in [0.15, 0.2) is 11.5 Å². The molecule has 0 aromatic carbocycles. The summed E-state index contributed by atoms with van der Waals surface area (Å²) in [7, 11) is 0. The van der Waals surface area contributed by atoms with Gasteiger partial charge in [0.25, 0.3) is 5.76 Å². The molecule has 1 rings (SSSR count). The molecule has 1 aliphatic heterocycles. The minimum absolute atomic E-state index is 2.28. The molecule has 0 aromatic heterocycles. The monoisotopic (exact) mass is 228 g/mol. The topological polar surface area (TPSA) is 12.5 Å². The van der Waals surface area contributed by atoms with Gasteiger partial charge in [0.05, 0.1) is 0 Å². The Morgan fingerprint density at radius 1 is 0.714 bits per heavy atom. The van der Waals surface area contributed by atoms with Crippen molar-refractivity contribution in [1.82, 2.24) is 0 Å². The van der Waals surface area contributed by atoms with Crippen molar-refractivity contribution < 1.29 is 39.9 Å². The van der Waals surface area contributed by atoms with E-state index in [1.807, 2.05) is 0 Å². The van der Waals surface area contributed by atoms with Crippen molar-refractivity contribution >= 4 is 0 Å². The first-order valence-electron chi connectivity index (χ1n) is 2.92. The molecule has 0 saturated carbocycles. The molecule has 0 saturated heterocycles. The largest absolute Gasteiger partial charge is 0.461 e. The molecule has 0 amide bonds. The highest BCUT2D eigenvalue weighted by Gasteiger charge is 2.70. The SMILES string of the molecule is FC(F)(F)C1=C(C(F)(F)C(F)(F)F)O1. The van der Waals surface area contributed by atoms with Crippen LogP contribution in [0.4, 0.5) is 35.1 Å². The van der Waals surface area contributed by atoms with Crippen LogP contribution in [0.3, 0.4) is 0 Å². The molecule has 1 aliphatic rings. The molecule has 0 unspecified atom stereocenters. The van der Waals surface area contributed by atoms with E-state index in [4.69, 9.17) is 0 Å². The molecule has 0 N–H and O–H groups in total. The molecule has 0 atom stereocenters. The highest BCUT2D eigenvalue weighted by molar-refractivity contribution is 5.30. The highest BCUT2D eigenvalue weighted by Crippen LogP contribution is 2.53. The molecule has 0 aliphatic carbocycles. The molecular weight excluding hydrogens is 228 g/mol. The Morgan fingerprint density at radius 3 is 1.36 bits per heavy atom. The summed E-state index contributed by atoms with van der Waals surface area (Å²) in [5.41, 5.74) is 0. The van der Waals surface area contributed by atoms with Crippen LogP contribution in [0, 0.1) is 0 Å². The Morgan fingerprint density at radius 2 is 1.14 bits per heavy atom. The normalized spacial score (nSPS) is 18.3. The second-order valence-corrected chi connectivity index (χ2v) is 2.33. The van der Waals surface area contributed by atoms with Gasteiger partial charge in [-0.2, -0.15) is 35.1 Å². The summed E-state index contributed by atoms with van der Waals surface area (Å²) in [5, 5.41) is 0. The van der Waals surface area contributed by atoms with E-state index in [9.17, 15) is 35.1 Å². The number of rotatable bonds is 1. The average molecular weight is 228 g/mol. The van der Waals surface area contributed by atoms with Gasteiger partial charge in [-0.3, -0.25) is 0 Å². The Balaban J connectivity index is 2.96. The van der Waals surface area contributed by atoms with Crippen molar-refractivity contribution in [3.63, 3.8) is 0 Å². The Bertz CT molecular complexity index is 281. The van der Waals surface area contributed by atoms with Crippen LogP contribution in [-0.2, 0) is 4.74 Å². The Kier molecular flexibility index (Phi) is 1.98. The van der Waals surface area contributed by atoms with Crippen molar-refractivity contribution in [3.05, 3.63) is 11.5 Å². The number of halogens is 8. The van der Waals surface area contributed by atoms with Crippen molar-refractivity contribution in [2.24, 2.45) is 0 Å². The molecule has 1 nitrogen and oxygen atoms in total. The van der Waals surface area contributed by atoms with Gasteiger partial charge in [0.1, 0.15) is 0 Å². The summed E-state index contributed by atoms with van der Waals surface area (Å²) in [6.07, 6.45) is -11.4. The fourth-order valence-electron chi connectivity index (χ4n) is 0.599. The molecule has 0 bridgehead atoms. The van der Waals surface area contributed by atoms with Gasteiger partial charge in [0.2, 0.25) is 5.76 Å². The van der Waals surface area contributed by atoms with E-state index >= 15 is 0 Å². The van der Waals surface area contributed by atoms with Gasteiger partial charge in [-0.05, 0) is 0 Å². The molecule has 0 fully saturated rings. The van der Waals surface area contributed by atoms with Gasteiger partial charge < -0.3 is 4.74 Å². The van der Waals surface area contributed by atoms with Gasteiger partial charge in [-0.15, -0.1) is 0 Å². The summed E-state index contributed by atoms with van der Waals surface area (Å²) in [6, 6.07) is 0. The van der Waals surface area contributed by atoms with E-state index in [1.165, 1.54) is 0 Å². The third-order valence-electron chi connectivity index (χ3n) is 1.27. The lowest BCUT2D eigenvalue weighted by molar-refractivity contribution is -0.268. The predicted molar refractivity (Wildman–Crippen MR) is 25.2 cm³/mol. The number of hydrogen-bond donors (Lipinski definition) is 0. The van der Waals surface area contributed by atoms with E-state index in [-0.39, 0.29) is 0 Å². The van der Waals surface area contributed by atoms with Crippen molar-refractivity contribution in [1.29, 1.82) is 0 Å². The van der Waals surface area contributed by atoms with E-state index in [0.717, 1.165) is 0 Å². The number of allylic oxidation sites excluding steroid dienone is 2. The average Bonchev–Trinajstić information content (AvgIpc) is 2.57. The Labute approximate surface area is 70.9 Å². The second kappa shape index (κ2) is 2.51. The molecule has 9 heteroatoms. The van der Waals surface area contributed by atoms with Crippen LogP contribution in [0.5, 0.6) is 0 Å². The molecule has 1 heterocycles. The Hall–Kier alpha value is -1.02. The first-order valence-corrected chi connectivity index (χ1v) is 2.92. The lowest BCUT2D eigenvalue weighted by Gasteiger charge is -2.13. The smallest absolute Gasteiger partial charge is 0.442 e. The van der Waals surface area contributed by atoms with Gasteiger partial charge in [-0.25, -0.2) is 0 Å². The number of ether oxygens (including phenoxy) is 1. The van der Waals surface area contributed by atoms with Gasteiger partial charge in [0.15, 0.2) is 0 Å². The fraction of sp³-hybridized carbons (Fsp3) is 0.600. The van der Waals surface area contributed by atoms with Gasteiger partial charge >= 0.3 is 18.3 Å². The highest BCUT2D eigenvalue weighted by atomic mass is 19.4. The van der Waals surface area contributed by atoms with E-state index in [1.54, 1.807) is 0 Å². The third-order valence-corrected chi connectivity index (χ3v) is 1.27. The zero-order valence-corrected chi connectivity index (χ0v) is 5.93. The first-order chi connectivity index (χ1) is 5.98. The minimum Gasteiger partial charge on any atom is -0.442 e. The van der Waals surface area contributed by atoms with E-state index in [2.05, 4.69) is 4.74 Å². The van der Waals surface area contributed by atoms with Crippen molar-refractivity contribution in [3.8, 4) is 0 Å². The van der Waals surface area contributed by atoms with Crippen LogP contribution in [0.2, 0.25) is 0 Å². The quantitative estimate of drug-likeness (QED) is 0.628. The minimum atomic E-state index is -6.09. The fourth-order valence-corrected chi connectivity index (χ4v) is 0.599. The van der Waals surface area contributed by atoms with Crippen molar-refractivity contribution in [2.45, 2.75) is 18.3 Å². The summed E-state index contributed by atoms with van der Waals surface area (Å²) >= 11 is 0. The first kappa shape index (κ1) is 11.1. The maximum absolute atomic E-state index is 12.1. The summed E-state index contributed by atoms with van der Waals surface area (Å²) in [6.45, 7) is 0. The summed E-state index contributed by atoms with van der Waals surface area (Å²) in [4.78, 5) is 0. The molecule has 0 aromatic rings. The zero-order chi connectivity index (χ0) is 11.4. The van der Waals surface area contributed by atoms with Crippen LogP contribution in [0.1, 0.15) is 0 Å². The standard InChI is InChI=1S/C5F8O/c6-3(7,5(11,12)13)1-2(14-1)4(8,9)10. The molecular formula is C5F8O. The lowest BCUT2D eigenvalue weighted by atomic mass is 10.3. The summed E-state index contributed by atoms with van der Waals surface area (Å²) in [5.74, 6) is -10.2.